The molecular formula is C7H12Cl2O2. The third kappa shape index (κ3) is 2.62. The van der Waals surface area contributed by atoms with Gasteiger partial charge in [-0.3, -0.25) is 9.08 Å². The number of halogens is 2. The zero-order chi connectivity index (χ0) is 8.91. The van der Waals surface area contributed by atoms with Crippen LogP contribution in [0.15, 0.2) is 0 Å². The highest BCUT2D eigenvalue weighted by Gasteiger charge is 2.33. The lowest BCUT2D eigenvalue weighted by atomic mass is 9.85. The van der Waals surface area contributed by atoms with Gasteiger partial charge in [0, 0.05) is 0 Å². The first-order chi connectivity index (χ1) is 5.13. The van der Waals surface area contributed by atoms with Crippen LogP contribution in [-0.2, 0) is 9.08 Å². The van der Waals surface area contributed by atoms with Gasteiger partial charge in [-0.1, -0.05) is 13.8 Å². The van der Waals surface area contributed by atoms with Crippen LogP contribution in [-0.4, -0.2) is 11.8 Å². The summed E-state index contributed by atoms with van der Waals surface area (Å²) in [7, 11) is 0. The Morgan fingerprint density at radius 3 is 2.00 bits per heavy atom. The van der Waals surface area contributed by atoms with Crippen LogP contribution in [0.25, 0.3) is 0 Å². The minimum absolute atomic E-state index is 0.184. The molecule has 66 valence electrons. The molecule has 0 aromatic rings. The predicted octanol–water partition coefficient (Wildman–Crippen LogP) is 2.73. The number of carbonyl (C=O) groups excluding carboxylic acids is 1. The second-order valence-corrected chi connectivity index (χ2v) is 3.08. The number of hydrogen-bond acceptors (Lipinski definition) is 2. The van der Waals surface area contributed by atoms with Gasteiger partial charge in [0.25, 0.3) is 0 Å². The summed E-state index contributed by atoms with van der Waals surface area (Å²) >= 11 is 10.5. The molecule has 2 nitrogen and oxygen atoms in total. The van der Waals surface area contributed by atoms with Crippen molar-refractivity contribution in [1.29, 1.82) is 0 Å². The molecule has 0 atom stereocenters. The van der Waals surface area contributed by atoms with Gasteiger partial charge in [-0.2, -0.15) is 0 Å². The fraction of sp³-hybridized carbons (Fsp3) is 0.857. The Labute approximate surface area is 77.0 Å². The van der Waals surface area contributed by atoms with Crippen LogP contribution in [0.3, 0.4) is 0 Å². The maximum Gasteiger partial charge on any atom is 0.230 e. The second kappa shape index (κ2) is 4.96. The lowest BCUT2D eigenvalue weighted by Gasteiger charge is -2.24. The largest absolute Gasteiger partial charge is 0.281 e. The molecule has 0 aliphatic rings. The first-order valence-electron chi connectivity index (χ1n) is 3.56. The molecule has 0 saturated carbocycles. The van der Waals surface area contributed by atoms with Crippen molar-refractivity contribution in [2.75, 3.05) is 6.61 Å². The molecule has 0 amide bonds. The van der Waals surface area contributed by atoms with E-state index < -0.39 is 5.41 Å². The van der Waals surface area contributed by atoms with Gasteiger partial charge in [0.1, 0.15) is 0 Å². The summed E-state index contributed by atoms with van der Waals surface area (Å²) in [6, 6.07) is 0. The number of rotatable bonds is 5. The molecule has 0 aromatic carbocycles. The molecule has 0 rings (SSSR count). The van der Waals surface area contributed by atoms with Crippen LogP contribution in [0.5, 0.6) is 0 Å². The predicted molar refractivity (Wildman–Crippen MR) is 45.7 cm³/mol. The first kappa shape index (κ1) is 11.2. The molecule has 0 bridgehead atoms. The highest BCUT2D eigenvalue weighted by molar-refractivity contribution is 6.64. The van der Waals surface area contributed by atoms with Crippen LogP contribution < -0.4 is 0 Å². The van der Waals surface area contributed by atoms with Crippen LogP contribution >= 0.6 is 23.5 Å². The Hall–Kier alpha value is 0.210. The van der Waals surface area contributed by atoms with Crippen molar-refractivity contribution >= 4 is 28.7 Å². The maximum atomic E-state index is 10.9. The van der Waals surface area contributed by atoms with Crippen LogP contribution in [0.2, 0.25) is 0 Å². The van der Waals surface area contributed by atoms with E-state index in [4.69, 9.17) is 23.5 Å². The van der Waals surface area contributed by atoms with E-state index >= 15 is 0 Å². The van der Waals surface area contributed by atoms with Crippen LogP contribution in [0.4, 0.5) is 0 Å². The zero-order valence-corrected chi connectivity index (χ0v) is 8.21. The fourth-order valence-corrected chi connectivity index (χ4v) is 1.42. The van der Waals surface area contributed by atoms with Gasteiger partial charge >= 0.3 is 0 Å². The first-order valence-corrected chi connectivity index (χ1v) is 4.25. The van der Waals surface area contributed by atoms with E-state index in [9.17, 15) is 4.79 Å². The Balaban J connectivity index is 4.32. The van der Waals surface area contributed by atoms with Crippen molar-refractivity contribution in [1.82, 2.24) is 0 Å². The minimum Gasteiger partial charge on any atom is -0.281 e. The lowest BCUT2D eigenvalue weighted by molar-refractivity contribution is -0.122. The van der Waals surface area contributed by atoms with Gasteiger partial charge in [0.2, 0.25) is 5.24 Å². The molecule has 0 aliphatic carbocycles. The Kier molecular flexibility index (Phi) is 5.06. The van der Waals surface area contributed by atoms with E-state index in [0.29, 0.717) is 12.8 Å². The van der Waals surface area contributed by atoms with Gasteiger partial charge < -0.3 is 0 Å². The Morgan fingerprint density at radius 2 is 1.91 bits per heavy atom. The minimum atomic E-state index is -0.594. The summed E-state index contributed by atoms with van der Waals surface area (Å²) in [6.45, 7) is 3.96. The maximum absolute atomic E-state index is 10.9. The lowest BCUT2D eigenvalue weighted by Crippen LogP contribution is -2.30. The molecule has 0 aliphatic heterocycles. The van der Waals surface area contributed by atoms with Gasteiger partial charge in [0.15, 0.2) is 0 Å². The number of carbonyl (C=O) groups is 1. The standard InChI is InChI=1S/C7H12Cl2O2/c1-3-7(4-2,5-11-9)6(8)10/h3-5H2,1-2H3. The monoisotopic (exact) mass is 198 g/mol. The van der Waals surface area contributed by atoms with Gasteiger partial charge in [-0.15, -0.1) is 0 Å². The van der Waals surface area contributed by atoms with Crippen LogP contribution in [0, 0.1) is 5.41 Å². The molecule has 0 aromatic heterocycles. The highest BCUT2D eigenvalue weighted by Crippen LogP contribution is 2.29. The van der Waals surface area contributed by atoms with Gasteiger partial charge in [0.05, 0.1) is 23.9 Å². The highest BCUT2D eigenvalue weighted by atomic mass is 35.5. The van der Waals surface area contributed by atoms with E-state index in [1.807, 2.05) is 13.8 Å². The van der Waals surface area contributed by atoms with Crippen molar-refractivity contribution in [3.63, 3.8) is 0 Å². The molecule has 0 radical (unpaired) electrons. The van der Waals surface area contributed by atoms with E-state index in [0.717, 1.165) is 0 Å². The van der Waals surface area contributed by atoms with Gasteiger partial charge in [-0.05, 0) is 24.4 Å². The van der Waals surface area contributed by atoms with E-state index in [1.54, 1.807) is 0 Å². The smallest absolute Gasteiger partial charge is 0.230 e. The molecule has 0 fully saturated rings. The summed E-state index contributed by atoms with van der Waals surface area (Å²) in [4.78, 5) is 10.9. The van der Waals surface area contributed by atoms with Crippen molar-refractivity contribution in [3.8, 4) is 0 Å². The SMILES string of the molecule is CCC(CC)(COCl)C(=O)Cl. The van der Waals surface area contributed by atoms with E-state index in [1.165, 1.54) is 0 Å². The summed E-state index contributed by atoms with van der Waals surface area (Å²) in [5, 5.41) is -0.372. The third-order valence-electron chi connectivity index (χ3n) is 2.10. The molecule has 11 heavy (non-hydrogen) atoms. The third-order valence-corrected chi connectivity index (χ3v) is 2.61. The summed E-state index contributed by atoms with van der Waals surface area (Å²) in [5.74, 6) is 0. The van der Waals surface area contributed by atoms with Crippen molar-refractivity contribution in [2.24, 2.45) is 5.41 Å². The normalized spacial score (nSPS) is 11.6. The molecule has 0 saturated heterocycles. The van der Waals surface area contributed by atoms with E-state index in [-0.39, 0.29) is 11.8 Å². The molecule has 0 heterocycles. The summed E-state index contributed by atoms with van der Waals surface area (Å²) < 4.78 is 4.42. The molecule has 0 spiro atoms. The quantitative estimate of drug-likeness (QED) is 0.636. The molecular weight excluding hydrogens is 187 g/mol. The fourth-order valence-electron chi connectivity index (χ4n) is 0.893. The Bertz CT molecular complexity index is 132. The molecule has 0 N–H and O–H groups in total. The summed E-state index contributed by atoms with van der Waals surface area (Å²) in [5.41, 5.74) is -0.594. The average molecular weight is 199 g/mol. The van der Waals surface area contributed by atoms with Crippen molar-refractivity contribution < 1.29 is 9.08 Å². The Morgan fingerprint density at radius 1 is 1.45 bits per heavy atom. The van der Waals surface area contributed by atoms with Crippen molar-refractivity contribution in [2.45, 2.75) is 26.7 Å². The molecule has 4 heteroatoms. The van der Waals surface area contributed by atoms with Gasteiger partial charge in [-0.25, -0.2) is 0 Å². The van der Waals surface area contributed by atoms with Crippen molar-refractivity contribution in [3.05, 3.63) is 0 Å². The van der Waals surface area contributed by atoms with E-state index in [2.05, 4.69) is 4.29 Å². The zero-order valence-electron chi connectivity index (χ0n) is 6.69. The summed E-state index contributed by atoms with van der Waals surface area (Å²) in [6.07, 6.45) is 1.30. The second-order valence-electron chi connectivity index (χ2n) is 2.51. The molecule has 0 unspecified atom stereocenters. The topological polar surface area (TPSA) is 26.3 Å². The number of hydrogen-bond donors (Lipinski definition) is 0. The van der Waals surface area contributed by atoms with Crippen LogP contribution in [0.1, 0.15) is 26.7 Å². The average Bonchev–Trinajstić information content (AvgIpc) is 2.00.